The number of carbonyl (C=O) groups excluding carboxylic acids is 1. The molecule has 0 aliphatic carbocycles. The molecule has 0 aliphatic rings. The second-order valence-electron chi connectivity index (χ2n) is 4.24. The smallest absolute Gasteiger partial charge is 0.323 e. The van der Waals surface area contributed by atoms with Gasteiger partial charge in [0.25, 0.3) is 0 Å². The minimum atomic E-state index is -0.115. The summed E-state index contributed by atoms with van der Waals surface area (Å²) in [7, 11) is 0. The number of azide groups is 1. The highest BCUT2D eigenvalue weighted by atomic mass is 16.1. The number of carbonyl (C=O) groups is 1. The van der Waals surface area contributed by atoms with Crippen LogP contribution >= 0.6 is 0 Å². The van der Waals surface area contributed by atoms with Crippen molar-refractivity contribution in [2.45, 2.75) is 57.8 Å². The van der Waals surface area contributed by atoms with E-state index < -0.39 is 0 Å². The van der Waals surface area contributed by atoms with E-state index in [1.807, 2.05) is 0 Å². The maximum absolute atomic E-state index is 11.0. The van der Waals surface area contributed by atoms with Gasteiger partial charge in [-0.3, -0.25) is 4.79 Å². The predicted octanol–water partition coefficient (Wildman–Crippen LogP) is 3.68. The molecule has 0 aromatic rings. The largest absolute Gasteiger partial charge is 0.361 e. The summed E-state index contributed by atoms with van der Waals surface area (Å²) < 4.78 is 0. The van der Waals surface area contributed by atoms with Crippen LogP contribution in [0.2, 0.25) is 0 Å². The molecule has 0 saturated heterocycles. The first kappa shape index (κ1) is 16.4. The molecule has 0 bridgehead atoms. The molecule has 0 fully saturated rings. The SMILES string of the molecule is [N-]=[N+]=CC(=O)CCCCCCCCCCN=[N+]=[N-]. The van der Waals surface area contributed by atoms with E-state index in [9.17, 15) is 4.79 Å². The molecule has 0 unspecified atom stereocenters. The Bertz CT molecular complexity index is 316. The van der Waals surface area contributed by atoms with Gasteiger partial charge in [-0.05, 0) is 18.4 Å². The van der Waals surface area contributed by atoms with Crippen molar-refractivity contribution in [3.05, 3.63) is 16.0 Å². The molecular weight excluding hydrogens is 230 g/mol. The van der Waals surface area contributed by atoms with Crippen LogP contribution < -0.4 is 0 Å². The summed E-state index contributed by atoms with van der Waals surface area (Å²) >= 11 is 0. The fourth-order valence-electron chi connectivity index (χ4n) is 1.72. The number of hydrogen-bond donors (Lipinski definition) is 0. The Balaban J connectivity index is 3.14. The van der Waals surface area contributed by atoms with Crippen LogP contribution in [0.3, 0.4) is 0 Å². The van der Waals surface area contributed by atoms with Gasteiger partial charge < -0.3 is 5.53 Å². The molecule has 0 radical (unpaired) electrons. The summed E-state index contributed by atoms with van der Waals surface area (Å²) in [5, 5.41) is 3.48. The van der Waals surface area contributed by atoms with Crippen LogP contribution in [0.4, 0.5) is 0 Å². The van der Waals surface area contributed by atoms with Gasteiger partial charge in [-0.2, -0.15) is 4.79 Å². The van der Waals surface area contributed by atoms with Crippen molar-refractivity contribution in [2.75, 3.05) is 6.54 Å². The first-order valence-electron chi connectivity index (χ1n) is 6.52. The van der Waals surface area contributed by atoms with Crippen LogP contribution in [0.5, 0.6) is 0 Å². The van der Waals surface area contributed by atoms with Crippen molar-refractivity contribution in [1.29, 1.82) is 0 Å². The molecule has 0 aromatic carbocycles. The third-order valence-electron chi connectivity index (χ3n) is 2.70. The average molecular weight is 251 g/mol. The minimum Gasteiger partial charge on any atom is -0.361 e. The Morgan fingerprint density at radius 3 is 2.06 bits per heavy atom. The summed E-state index contributed by atoms with van der Waals surface area (Å²) in [4.78, 5) is 16.4. The molecular formula is C12H21N5O. The van der Waals surface area contributed by atoms with Crippen molar-refractivity contribution in [2.24, 2.45) is 5.11 Å². The highest BCUT2D eigenvalue weighted by Crippen LogP contribution is 2.09. The maximum Gasteiger partial charge on any atom is 0.323 e. The molecule has 6 heteroatoms. The van der Waals surface area contributed by atoms with Crippen molar-refractivity contribution in [3.8, 4) is 0 Å². The molecule has 0 heterocycles. The molecule has 0 aromatic heterocycles. The number of ketones is 1. The van der Waals surface area contributed by atoms with E-state index in [2.05, 4.69) is 14.8 Å². The lowest BCUT2D eigenvalue weighted by Crippen LogP contribution is -1.99. The summed E-state index contributed by atoms with van der Waals surface area (Å²) in [5.74, 6) is -0.115. The van der Waals surface area contributed by atoms with Gasteiger partial charge in [0.05, 0.1) is 0 Å². The maximum atomic E-state index is 11.0. The first-order chi connectivity index (χ1) is 8.81. The zero-order valence-corrected chi connectivity index (χ0v) is 10.8. The number of Topliss-reactive ketones (excluding diaryl/α,β-unsaturated/α-hetero) is 1. The summed E-state index contributed by atoms with van der Waals surface area (Å²) in [6.07, 6.45) is 10.1. The molecule has 6 nitrogen and oxygen atoms in total. The average Bonchev–Trinajstić information content (AvgIpc) is 2.36. The van der Waals surface area contributed by atoms with Crippen molar-refractivity contribution >= 4 is 12.0 Å². The normalized spacial score (nSPS) is 9.33. The van der Waals surface area contributed by atoms with Gasteiger partial charge in [0.2, 0.25) is 5.78 Å². The number of hydrogen-bond acceptors (Lipinski definition) is 2. The van der Waals surface area contributed by atoms with E-state index >= 15 is 0 Å². The third-order valence-corrected chi connectivity index (χ3v) is 2.70. The predicted molar refractivity (Wildman–Crippen MR) is 70.3 cm³/mol. The van der Waals surface area contributed by atoms with Crippen LogP contribution in [0.1, 0.15) is 57.8 Å². The van der Waals surface area contributed by atoms with E-state index in [0.29, 0.717) is 13.0 Å². The fraction of sp³-hybridized carbons (Fsp3) is 0.833. The summed E-state index contributed by atoms with van der Waals surface area (Å²) in [6, 6.07) is 0. The van der Waals surface area contributed by atoms with Gasteiger partial charge in [0.15, 0.2) is 0 Å². The van der Waals surface area contributed by atoms with Crippen LogP contribution in [0.25, 0.3) is 16.0 Å². The van der Waals surface area contributed by atoms with E-state index in [1.165, 1.54) is 19.3 Å². The fourth-order valence-corrected chi connectivity index (χ4v) is 1.72. The van der Waals surface area contributed by atoms with Crippen LogP contribution in [0.15, 0.2) is 5.11 Å². The Morgan fingerprint density at radius 2 is 1.50 bits per heavy atom. The first-order valence-corrected chi connectivity index (χ1v) is 6.52. The molecule has 0 N–H and O–H groups in total. The monoisotopic (exact) mass is 251 g/mol. The van der Waals surface area contributed by atoms with E-state index in [1.54, 1.807) is 0 Å². The minimum absolute atomic E-state index is 0.115. The number of unbranched alkanes of at least 4 members (excludes halogenated alkanes) is 7. The molecule has 0 saturated carbocycles. The lowest BCUT2D eigenvalue weighted by molar-refractivity contribution is -0.116. The van der Waals surface area contributed by atoms with Gasteiger partial charge >= 0.3 is 6.21 Å². The topological polar surface area (TPSA) is 102 Å². The second-order valence-corrected chi connectivity index (χ2v) is 4.24. The number of nitrogens with zero attached hydrogens (tertiary/aromatic N) is 5. The standard InChI is InChI=1S/C12H21N5O/c13-15-11-12(18)9-7-5-3-1-2-4-6-8-10-16-17-14/h11H,1-10H2. The quantitative estimate of drug-likeness (QED) is 0.170. The van der Waals surface area contributed by atoms with Crippen LogP contribution in [-0.4, -0.2) is 23.3 Å². The van der Waals surface area contributed by atoms with Crippen molar-refractivity contribution in [3.63, 3.8) is 0 Å². The van der Waals surface area contributed by atoms with Gasteiger partial charge in [-0.1, -0.05) is 43.6 Å². The van der Waals surface area contributed by atoms with Crippen molar-refractivity contribution < 1.29 is 9.58 Å². The Morgan fingerprint density at radius 1 is 0.944 bits per heavy atom. The van der Waals surface area contributed by atoms with E-state index in [-0.39, 0.29) is 5.78 Å². The van der Waals surface area contributed by atoms with Gasteiger partial charge in [-0.25, -0.2) is 0 Å². The lowest BCUT2D eigenvalue weighted by Gasteiger charge is -2.00. The highest BCUT2D eigenvalue weighted by Gasteiger charge is 2.01. The Hall–Kier alpha value is -1.64. The molecule has 0 atom stereocenters. The molecule has 0 rings (SSSR count). The number of rotatable bonds is 12. The lowest BCUT2D eigenvalue weighted by atomic mass is 10.1. The van der Waals surface area contributed by atoms with Gasteiger partial charge in [0, 0.05) is 17.9 Å². The summed E-state index contributed by atoms with van der Waals surface area (Å²) in [6.45, 7) is 0.602. The molecule has 18 heavy (non-hydrogen) atoms. The summed E-state index contributed by atoms with van der Waals surface area (Å²) in [5.41, 5.74) is 16.2. The molecule has 0 amide bonds. The zero-order chi connectivity index (χ0) is 13.5. The van der Waals surface area contributed by atoms with Gasteiger partial charge in [0.1, 0.15) is 0 Å². The van der Waals surface area contributed by atoms with Gasteiger partial charge in [-0.15, -0.1) is 0 Å². The van der Waals surface area contributed by atoms with Crippen LogP contribution in [-0.2, 0) is 4.79 Å². The van der Waals surface area contributed by atoms with E-state index in [4.69, 9.17) is 11.1 Å². The molecule has 100 valence electrons. The van der Waals surface area contributed by atoms with Crippen LogP contribution in [0, 0.1) is 0 Å². The molecule has 0 aliphatic heterocycles. The second kappa shape index (κ2) is 13.4. The third kappa shape index (κ3) is 12.4. The van der Waals surface area contributed by atoms with E-state index in [0.717, 1.165) is 38.3 Å². The molecule has 0 spiro atoms. The highest BCUT2D eigenvalue weighted by molar-refractivity contribution is 6.25. The zero-order valence-electron chi connectivity index (χ0n) is 10.8. The van der Waals surface area contributed by atoms with Crippen molar-refractivity contribution in [1.82, 2.24) is 0 Å². The Labute approximate surface area is 108 Å². The Kier molecular flexibility index (Phi) is 12.2.